The van der Waals surface area contributed by atoms with Crippen LogP contribution in [0.4, 0.5) is 5.69 Å². The molecule has 2 rings (SSSR count). The van der Waals surface area contributed by atoms with E-state index in [0.29, 0.717) is 16.5 Å². The van der Waals surface area contributed by atoms with Crippen molar-refractivity contribution >= 4 is 23.1 Å². The third-order valence-corrected chi connectivity index (χ3v) is 3.92. The van der Waals surface area contributed by atoms with Gasteiger partial charge in [0.05, 0.1) is 11.1 Å². The molecule has 0 aromatic heterocycles. The smallest absolute Gasteiger partial charge is 0.171 e. The van der Waals surface area contributed by atoms with Crippen LogP contribution in [-0.4, -0.2) is 35.3 Å². The van der Waals surface area contributed by atoms with Crippen molar-refractivity contribution in [2.24, 2.45) is 16.8 Å². The first kappa shape index (κ1) is 14.0. The lowest BCUT2D eigenvalue weighted by atomic mass is 10.0. The Morgan fingerprint density at radius 1 is 1.58 bits per heavy atom. The summed E-state index contributed by atoms with van der Waals surface area (Å²) in [5.41, 5.74) is 7.03. The minimum Gasteiger partial charge on any atom is -0.409 e. The predicted octanol–water partition coefficient (Wildman–Crippen LogP) is 1.64. The van der Waals surface area contributed by atoms with Gasteiger partial charge in [0.2, 0.25) is 0 Å². The van der Waals surface area contributed by atoms with Crippen LogP contribution in [-0.2, 0) is 0 Å². The van der Waals surface area contributed by atoms with E-state index in [1.165, 1.54) is 0 Å². The maximum absolute atomic E-state index is 9.61. The van der Waals surface area contributed by atoms with E-state index >= 15 is 0 Å². The summed E-state index contributed by atoms with van der Waals surface area (Å²) in [7, 11) is 0. The van der Waals surface area contributed by atoms with Crippen molar-refractivity contribution < 1.29 is 10.3 Å². The Bertz CT molecular complexity index is 491. The third kappa shape index (κ3) is 2.93. The van der Waals surface area contributed by atoms with Gasteiger partial charge in [-0.05, 0) is 31.5 Å². The Labute approximate surface area is 117 Å². The molecule has 0 aliphatic carbocycles. The first-order valence-electron chi connectivity index (χ1n) is 6.23. The molecule has 1 saturated heterocycles. The molecule has 0 spiro atoms. The predicted molar refractivity (Wildman–Crippen MR) is 76.0 cm³/mol. The number of hydrogen-bond donors (Lipinski definition) is 3. The topological polar surface area (TPSA) is 82.1 Å². The van der Waals surface area contributed by atoms with Crippen LogP contribution in [0.15, 0.2) is 23.4 Å². The molecule has 1 aliphatic rings. The molecule has 19 heavy (non-hydrogen) atoms. The molecule has 6 heteroatoms. The lowest BCUT2D eigenvalue weighted by molar-refractivity contribution is 0.136. The quantitative estimate of drug-likeness (QED) is 0.341. The van der Waals surface area contributed by atoms with E-state index in [-0.39, 0.29) is 11.9 Å². The molecule has 104 valence electrons. The molecular weight excluding hydrogens is 266 g/mol. The van der Waals surface area contributed by atoms with Gasteiger partial charge in [-0.25, -0.2) is 0 Å². The molecule has 0 bridgehead atoms. The van der Waals surface area contributed by atoms with Crippen LogP contribution in [0.2, 0.25) is 5.02 Å². The van der Waals surface area contributed by atoms with Crippen molar-refractivity contribution in [3.8, 4) is 0 Å². The van der Waals surface area contributed by atoms with Crippen molar-refractivity contribution in [1.29, 1.82) is 0 Å². The van der Waals surface area contributed by atoms with E-state index in [1.807, 2.05) is 13.0 Å². The van der Waals surface area contributed by atoms with E-state index in [2.05, 4.69) is 10.1 Å². The number of halogens is 1. The minimum atomic E-state index is -0.295. The maximum atomic E-state index is 9.61. The van der Waals surface area contributed by atoms with Gasteiger partial charge in [-0.15, -0.1) is 0 Å². The molecule has 1 fully saturated rings. The second-order valence-corrected chi connectivity index (χ2v) is 5.29. The molecule has 1 aliphatic heterocycles. The zero-order valence-electron chi connectivity index (χ0n) is 10.8. The summed E-state index contributed by atoms with van der Waals surface area (Å²) in [6.45, 7) is 3.54. The monoisotopic (exact) mass is 283 g/mol. The number of aliphatic hydroxyl groups is 1. The van der Waals surface area contributed by atoms with Crippen molar-refractivity contribution in [2.75, 3.05) is 18.0 Å². The number of rotatable bonds is 3. The van der Waals surface area contributed by atoms with Crippen molar-refractivity contribution in [2.45, 2.75) is 19.4 Å². The van der Waals surface area contributed by atoms with Crippen LogP contribution >= 0.6 is 11.6 Å². The van der Waals surface area contributed by atoms with Crippen LogP contribution in [0.25, 0.3) is 0 Å². The van der Waals surface area contributed by atoms with Gasteiger partial charge in [0, 0.05) is 30.3 Å². The number of amidine groups is 1. The Morgan fingerprint density at radius 3 is 2.84 bits per heavy atom. The molecule has 0 amide bonds. The highest BCUT2D eigenvalue weighted by atomic mass is 35.5. The van der Waals surface area contributed by atoms with Crippen LogP contribution in [0.5, 0.6) is 0 Å². The highest BCUT2D eigenvalue weighted by molar-refractivity contribution is 6.34. The fraction of sp³-hybridized carbons (Fsp3) is 0.462. The summed E-state index contributed by atoms with van der Waals surface area (Å²) in [5, 5.41) is 21.7. The van der Waals surface area contributed by atoms with E-state index in [0.717, 1.165) is 25.2 Å². The number of benzene rings is 1. The molecule has 2 unspecified atom stereocenters. The SMILES string of the molecule is CC(O)C1CCN(c2ccc(/C(N)=N/O)c(Cl)c2)C1. The summed E-state index contributed by atoms with van der Waals surface area (Å²) in [5.74, 6) is 0.294. The average Bonchev–Trinajstić information content (AvgIpc) is 2.87. The van der Waals surface area contributed by atoms with Gasteiger partial charge < -0.3 is 20.9 Å². The second-order valence-electron chi connectivity index (χ2n) is 4.88. The van der Waals surface area contributed by atoms with E-state index < -0.39 is 0 Å². The fourth-order valence-electron chi connectivity index (χ4n) is 2.38. The van der Waals surface area contributed by atoms with Crippen molar-refractivity contribution in [1.82, 2.24) is 0 Å². The van der Waals surface area contributed by atoms with E-state index in [1.54, 1.807) is 12.1 Å². The molecule has 5 nitrogen and oxygen atoms in total. The lowest BCUT2D eigenvalue weighted by Crippen LogP contribution is -2.24. The number of hydrogen-bond acceptors (Lipinski definition) is 4. The van der Waals surface area contributed by atoms with Gasteiger partial charge >= 0.3 is 0 Å². The molecule has 1 aromatic rings. The van der Waals surface area contributed by atoms with Crippen LogP contribution in [0.3, 0.4) is 0 Å². The second kappa shape index (κ2) is 5.67. The molecule has 1 heterocycles. The van der Waals surface area contributed by atoms with Gasteiger partial charge in [0.1, 0.15) is 0 Å². The largest absolute Gasteiger partial charge is 0.409 e. The van der Waals surface area contributed by atoms with Gasteiger partial charge in [0.15, 0.2) is 5.84 Å². The Hall–Kier alpha value is -1.46. The zero-order valence-corrected chi connectivity index (χ0v) is 11.5. The maximum Gasteiger partial charge on any atom is 0.171 e. The molecule has 1 aromatic carbocycles. The summed E-state index contributed by atoms with van der Waals surface area (Å²) in [6.07, 6.45) is 0.675. The van der Waals surface area contributed by atoms with Gasteiger partial charge in [-0.1, -0.05) is 16.8 Å². The highest BCUT2D eigenvalue weighted by Gasteiger charge is 2.26. The summed E-state index contributed by atoms with van der Waals surface area (Å²) in [6, 6.07) is 5.44. The minimum absolute atomic E-state index is 0.000158. The third-order valence-electron chi connectivity index (χ3n) is 3.61. The number of oxime groups is 1. The molecule has 0 radical (unpaired) electrons. The molecule has 0 saturated carbocycles. The van der Waals surface area contributed by atoms with E-state index in [4.69, 9.17) is 22.5 Å². The molecule has 2 atom stereocenters. The van der Waals surface area contributed by atoms with Gasteiger partial charge in [0.25, 0.3) is 0 Å². The first-order chi connectivity index (χ1) is 9.02. The highest BCUT2D eigenvalue weighted by Crippen LogP contribution is 2.29. The fourth-order valence-corrected chi connectivity index (χ4v) is 2.65. The average molecular weight is 284 g/mol. The van der Waals surface area contributed by atoms with Crippen LogP contribution < -0.4 is 10.6 Å². The van der Waals surface area contributed by atoms with Gasteiger partial charge in [-0.3, -0.25) is 0 Å². The van der Waals surface area contributed by atoms with Gasteiger partial charge in [-0.2, -0.15) is 0 Å². The lowest BCUT2D eigenvalue weighted by Gasteiger charge is -2.20. The Morgan fingerprint density at radius 2 is 2.32 bits per heavy atom. The summed E-state index contributed by atoms with van der Waals surface area (Å²) < 4.78 is 0. The zero-order chi connectivity index (χ0) is 14.0. The number of aliphatic hydroxyl groups excluding tert-OH is 1. The summed E-state index contributed by atoms with van der Waals surface area (Å²) in [4.78, 5) is 2.18. The molecular formula is C13H18ClN3O2. The number of nitrogens with zero attached hydrogens (tertiary/aromatic N) is 2. The first-order valence-corrected chi connectivity index (χ1v) is 6.61. The molecule has 4 N–H and O–H groups in total. The summed E-state index contributed by atoms with van der Waals surface area (Å²) >= 11 is 6.13. The Balaban J connectivity index is 2.17. The number of anilines is 1. The standard InChI is InChI=1S/C13H18ClN3O2/c1-8(18)9-4-5-17(7-9)10-2-3-11(12(14)6-10)13(15)16-19/h2-3,6,8-9,18-19H,4-5,7H2,1H3,(H2,15,16). The van der Waals surface area contributed by atoms with Crippen LogP contribution in [0.1, 0.15) is 18.9 Å². The normalized spacial score (nSPS) is 21.7. The van der Waals surface area contributed by atoms with E-state index in [9.17, 15) is 5.11 Å². The number of nitrogens with two attached hydrogens (primary N) is 1. The Kier molecular flexibility index (Phi) is 4.17. The van der Waals surface area contributed by atoms with Crippen molar-refractivity contribution in [3.63, 3.8) is 0 Å². The van der Waals surface area contributed by atoms with Crippen molar-refractivity contribution in [3.05, 3.63) is 28.8 Å². The van der Waals surface area contributed by atoms with Crippen LogP contribution in [0, 0.1) is 5.92 Å².